The van der Waals surface area contributed by atoms with Crippen molar-refractivity contribution < 1.29 is 19.1 Å². The van der Waals surface area contributed by atoms with Crippen LogP contribution in [0.25, 0.3) is 0 Å². The third-order valence-corrected chi connectivity index (χ3v) is 3.47. The van der Waals surface area contributed by atoms with E-state index >= 15 is 0 Å². The summed E-state index contributed by atoms with van der Waals surface area (Å²) >= 11 is 1.21. The lowest BCUT2D eigenvalue weighted by Gasteiger charge is -2.08. The molecular weight excluding hydrogens is 240 g/mol. The van der Waals surface area contributed by atoms with Crippen LogP contribution in [-0.4, -0.2) is 25.2 Å². The summed E-state index contributed by atoms with van der Waals surface area (Å²) in [6.45, 7) is 0.842. The fourth-order valence-corrected chi connectivity index (χ4v) is 2.43. The molecule has 0 unspecified atom stereocenters. The molecule has 0 fully saturated rings. The fraction of sp³-hybridized carbons (Fsp3) is 0.500. The van der Waals surface area contributed by atoms with Gasteiger partial charge in [0.25, 0.3) is 0 Å². The average Bonchev–Trinajstić information content (AvgIpc) is 2.79. The molecule has 0 saturated heterocycles. The molecular formula is C12H14O4S. The second-order valence-corrected chi connectivity index (χ2v) is 4.77. The summed E-state index contributed by atoms with van der Waals surface area (Å²) in [7, 11) is 0. The maximum Gasteiger partial charge on any atom is 0.349 e. The molecule has 1 aromatic heterocycles. The molecule has 0 aromatic carbocycles. The molecule has 17 heavy (non-hydrogen) atoms. The molecule has 2 rings (SSSR count). The zero-order valence-corrected chi connectivity index (χ0v) is 10.3. The van der Waals surface area contributed by atoms with Crippen LogP contribution in [0.2, 0.25) is 0 Å². The number of fused-ring (bicyclic) bond motifs is 1. The lowest BCUT2D eigenvalue weighted by molar-refractivity contribution is 0.0440. The molecule has 92 valence electrons. The Morgan fingerprint density at radius 2 is 1.59 bits per heavy atom. The van der Waals surface area contributed by atoms with Crippen LogP contribution in [0.3, 0.4) is 0 Å². The molecule has 5 heteroatoms. The zero-order chi connectivity index (χ0) is 12.1. The minimum Gasteiger partial charge on any atom is -0.462 e. The van der Waals surface area contributed by atoms with Gasteiger partial charge in [-0.3, -0.25) is 0 Å². The van der Waals surface area contributed by atoms with Crippen molar-refractivity contribution >= 4 is 23.3 Å². The number of thiophene rings is 1. The minimum absolute atomic E-state index is 0.320. The minimum atomic E-state index is -0.432. The highest BCUT2D eigenvalue weighted by Crippen LogP contribution is 2.20. The maximum absolute atomic E-state index is 11.7. The van der Waals surface area contributed by atoms with Crippen molar-refractivity contribution in [2.45, 2.75) is 25.7 Å². The molecule has 0 radical (unpaired) electrons. The third kappa shape index (κ3) is 3.06. The lowest BCUT2D eigenvalue weighted by Crippen LogP contribution is -2.13. The van der Waals surface area contributed by atoms with Gasteiger partial charge in [-0.15, -0.1) is 11.3 Å². The Kier molecular flexibility index (Phi) is 4.14. The van der Waals surface area contributed by atoms with Gasteiger partial charge in [0.15, 0.2) is 0 Å². The van der Waals surface area contributed by atoms with Gasteiger partial charge in [-0.2, -0.15) is 0 Å². The number of esters is 2. The molecule has 2 heterocycles. The Morgan fingerprint density at radius 1 is 0.941 bits per heavy atom. The van der Waals surface area contributed by atoms with Gasteiger partial charge in [-0.05, 0) is 37.1 Å². The SMILES string of the molecule is O=C1OCCCCCCOC(=O)c2sccc21. The first kappa shape index (κ1) is 12.1. The Morgan fingerprint density at radius 3 is 2.29 bits per heavy atom. The van der Waals surface area contributed by atoms with Gasteiger partial charge in [0, 0.05) is 0 Å². The standard InChI is InChI=1S/C12H14O4S/c13-11-9-5-8-17-10(9)12(14)16-7-4-2-1-3-6-15-11/h5,8H,1-4,6-7H2. The fourth-order valence-electron chi connectivity index (χ4n) is 1.66. The molecule has 0 bridgehead atoms. The largest absolute Gasteiger partial charge is 0.462 e. The summed E-state index contributed by atoms with van der Waals surface area (Å²) in [6, 6.07) is 1.61. The third-order valence-electron chi connectivity index (χ3n) is 2.58. The number of rotatable bonds is 0. The van der Waals surface area contributed by atoms with E-state index in [-0.39, 0.29) is 0 Å². The van der Waals surface area contributed by atoms with Gasteiger partial charge in [0.1, 0.15) is 4.88 Å². The highest BCUT2D eigenvalue weighted by molar-refractivity contribution is 7.12. The Bertz CT molecular complexity index is 374. The Labute approximate surface area is 104 Å². The van der Waals surface area contributed by atoms with Crippen LogP contribution in [0.5, 0.6) is 0 Å². The molecule has 0 N–H and O–H groups in total. The number of hydrogen-bond donors (Lipinski definition) is 0. The highest BCUT2D eigenvalue weighted by atomic mass is 32.1. The van der Waals surface area contributed by atoms with E-state index in [1.165, 1.54) is 11.3 Å². The van der Waals surface area contributed by atoms with E-state index in [0.717, 1.165) is 25.7 Å². The van der Waals surface area contributed by atoms with Crippen LogP contribution in [0.1, 0.15) is 45.7 Å². The van der Waals surface area contributed by atoms with E-state index in [4.69, 9.17) is 9.47 Å². The van der Waals surface area contributed by atoms with E-state index in [9.17, 15) is 9.59 Å². The van der Waals surface area contributed by atoms with Crippen molar-refractivity contribution in [2.24, 2.45) is 0 Å². The van der Waals surface area contributed by atoms with E-state index in [0.29, 0.717) is 23.7 Å². The van der Waals surface area contributed by atoms with E-state index in [1.54, 1.807) is 11.4 Å². The highest BCUT2D eigenvalue weighted by Gasteiger charge is 2.21. The average molecular weight is 254 g/mol. The predicted molar refractivity (Wildman–Crippen MR) is 63.4 cm³/mol. The van der Waals surface area contributed by atoms with Crippen molar-refractivity contribution in [3.63, 3.8) is 0 Å². The first-order valence-corrected chi connectivity index (χ1v) is 6.59. The molecule has 1 aliphatic heterocycles. The van der Waals surface area contributed by atoms with Gasteiger partial charge < -0.3 is 9.47 Å². The number of ether oxygens (including phenoxy) is 2. The second kappa shape index (κ2) is 5.82. The van der Waals surface area contributed by atoms with Crippen LogP contribution in [0.4, 0.5) is 0 Å². The van der Waals surface area contributed by atoms with Crippen molar-refractivity contribution in [1.82, 2.24) is 0 Å². The molecule has 4 nitrogen and oxygen atoms in total. The van der Waals surface area contributed by atoms with Crippen LogP contribution in [0.15, 0.2) is 11.4 Å². The predicted octanol–water partition coefficient (Wildman–Crippen LogP) is 2.64. The van der Waals surface area contributed by atoms with E-state index in [1.807, 2.05) is 0 Å². The summed E-state index contributed by atoms with van der Waals surface area (Å²) in [5.41, 5.74) is 0.320. The quantitative estimate of drug-likeness (QED) is 0.668. The summed E-state index contributed by atoms with van der Waals surface area (Å²) < 4.78 is 10.2. The molecule has 0 saturated carbocycles. The van der Waals surface area contributed by atoms with Gasteiger partial charge in [-0.25, -0.2) is 9.59 Å². The summed E-state index contributed by atoms with van der Waals surface area (Å²) in [4.78, 5) is 23.8. The molecule has 1 aliphatic rings. The van der Waals surface area contributed by atoms with Gasteiger partial charge in [-0.1, -0.05) is 0 Å². The number of carbonyl (C=O) groups is 2. The van der Waals surface area contributed by atoms with E-state index in [2.05, 4.69) is 0 Å². The van der Waals surface area contributed by atoms with Gasteiger partial charge in [0.2, 0.25) is 0 Å². The molecule has 0 atom stereocenters. The Balaban J connectivity index is 2.16. The molecule has 1 aromatic rings. The maximum atomic E-state index is 11.7. The van der Waals surface area contributed by atoms with Crippen molar-refractivity contribution in [2.75, 3.05) is 13.2 Å². The molecule has 0 spiro atoms. The summed E-state index contributed by atoms with van der Waals surface area (Å²) in [5.74, 6) is -0.855. The van der Waals surface area contributed by atoms with Crippen LogP contribution >= 0.6 is 11.3 Å². The first-order valence-electron chi connectivity index (χ1n) is 5.71. The summed E-state index contributed by atoms with van der Waals surface area (Å²) in [5, 5.41) is 1.70. The summed E-state index contributed by atoms with van der Waals surface area (Å²) in [6.07, 6.45) is 3.70. The normalized spacial score (nSPS) is 18.4. The van der Waals surface area contributed by atoms with Crippen molar-refractivity contribution in [3.8, 4) is 0 Å². The molecule has 0 aliphatic carbocycles. The second-order valence-electron chi connectivity index (χ2n) is 3.85. The van der Waals surface area contributed by atoms with Crippen molar-refractivity contribution in [3.05, 3.63) is 21.9 Å². The van der Waals surface area contributed by atoms with E-state index < -0.39 is 11.9 Å². The molecule has 0 amide bonds. The van der Waals surface area contributed by atoms with Crippen LogP contribution in [0, 0.1) is 0 Å². The zero-order valence-electron chi connectivity index (χ0n) is 9.44. The van der Waals surface area contributed by atoms with Crippen LogP contribution in [-0.2, 0) is 9.47 Å². The lowest BCUT2D eigenvalue weighted by atomic mass is 10.2. The van der Waals surface area contributed by atoms with Gasteiger partial charge in [0.05, 0.1) is 18.8 Å². The first-order chi connectivity index (χ1) is 8.29. The van der Waals surface area contributed by atoms with Crippen LogP contribution < -0.4 is 0 Å². The number of cyclic esters (lactones) is 2. The monoisotopic (exact) mass is 254 g/mol. The van der Waals surface area contributed by atoms with Crippen molar-refractivity contribution in [1.29, 1.82) is 0 Å². The smallest absolute Gasteiger partial charge is 0.349 e. The van der Waals surface area contributed by atoms with Gasteiger partial charge >= 0.3 is 11.9 Å². The number of carbonyl (C=O) groups excluding carboxylic acids is 2. The Hall–Kier alpha value is -1.36. The topological polar surface area (TPSA) is 52.6 Å². The number of hydrogen-bond acceptors (Lipinski definition) is 5.